The molecule has 2 aromatic carbocycles. The van der Waals surface area contributed by atoms with Crippen molar-refractivity contribution in [1.82, 2.24) is 9.88 Å². The van der Waals surface area contributed by atoms with Gasteiger partial charge in [0.1, 0.15) is 6.10 Å². The second-order valence-corrected chi connectivity index (χ2v) is 7.87. The first-order valence-corrected chi connectivity index (χ1v) is 9.80. The van der Waals surface area contributed by atoms with E-state index in [-0.39, 0.29) is 12.0 Å². The van der Waals surface area contributed by atoms with Crippen LogP contribution in [0.3, 0.4) is 0 Å². The van der Waals surface area contributed by atoms with Crippen LogP contribution in [0.4, 0.5) is 0 Å². The maximum absolute atomic E-state index is 12.6. The molecule has 0 aliphatic carbocycles. The number of carbonyl (C=O) groups excluding carboxylic acids is 1. The van der Waals surface area contributed by atoms with Gasteiger partial charge in [0.15, 0.2) is 0 Å². The van der Waals surface area contributed by atoms with Crippen LogP contribution in [0.5, 0.6) is 5.19 Å². The van der Waals surface area contributed by atoms with Gasteiger partial charge in [-0.2, -0.15) is 0 Å². The third-order valence-electron chi connectivity index (χ3n) is 4.86. The Hall–Kier alpha value is -2.40. The summed E-state index contributed by atoms with van der Waals surface area (Å²) >= 11 is 1.60. The summed E-state index contributed by atoms with van der Waals surface area (Å²) in [5, 5.41) is 0.734. The van der Waals surface area contributed by atoms with E-state index in [9.17, 15) is 4.79 Å². The number of para-hydroxylation sites is 1. The summed E-state index contributed by atoms with van der Waals surface area (Å²) in [5.41, 5.74) is 4.08. The van der Waals surface area contributed by atoms with Gasteiger partial charge in [-0.1, -0.05) is 41.2 Å². The van der Waals surface area contributed by atoms with Crippen molar-refractivity contribution >= 4 is 27.5 Å². The Morgan fingerprint density at radius 3 is 2.65 bits per heavy atom. The van der Waals surface area contributed by atoms with Crippen LogP contribution in [0.25, 0.3) is 10.2 Å². The van der Waals surface area contributed by atoms with E-state index in [4.69, 9.17) is 4.74 Å². The minimum Gasteiger partial charge on any atom is -0.467 e. The minimum absolute atomic E-state index is 0.114. The Labute approximate surface area is 157 Å². The first-order chi connectivity index (χ1) is 12.6. The number of amides is 1. The molecule has 1 fully saturated rings. The molecule has 0 bridgehead atoms. The number of thiazole rings is 1. The van der Waals surface area contributed by atoms with Gasteiger partial charge in [-0.15, -0.1) is 0 Å². The van der Waals surface area contributed by atoms with Gasteiger partial charge in [-0.25, -0.2) is 4.98 Å². The molecule has 4 nitrogen and oxygen atoms in total. The number of ether oxygens (including phenoxy) is 1. The highest BCUT2D eigenvalue weighted by Crippen LogP contribution is 2.31. The predicted octanol–water partition coefficient (Wildman–Crippen LogP) is 4.60. The fraction of sp³-hybridized carbons (Fsp3) is 0.333. The van der Waals surface area contributed by atoms with Gasteiger partial charge >= 0.3 is 0 Å². The fourth-order valence-corrected chi connectivity index (χ4v) is 4.36. The van der Waals surface area contributed by atoms with Crippen molar-refractivity contribution in [3.8, 4) is 5.19 Å². The van der Waals surface area contributed by atoms with E-state index < -0.39 is 0 Å². The van der Waals surface area contributed by atoms with E-state index in [1.165, 1.54) is 5.56 Å². The number of rotatable bonds is 3. The summed E-state index contributed by atoms with van der Waals surface area (Å²) in [4.78, 5) is 19.2. The molecule has 26 heavy (non-hydrogen) atoms. The monoisotopic (exact) mass is 366 g/mol. The minimum atomic E-state index is 0.114. The van der Waals surface area contributed by atoms with Gasteiger partial charge in [0.2, 0.25) is 0 Å². The molecule has 0 atom stereocenters. The number of nitrogens with zero attached hydrogens (tertiary/aromatic N) is 2. The largest absolute Gasteiger partial charge is 0.467 e. The Kier molecular flexibility index (Phi) is 4.64. The Bertz CT molecular complexity index is 942. The van der Waals surface area contributed by atoms with E-state index >= 15 is 0 Å². The standard InChI is InChI=1S/C21H22N2O2S/c1-14-5-3-7-16(13-14)20(24)23-11-9-17(10-12-23)25-21-22-19-15(2)6-4-8-18(19)26-21/h3-8,13,17H,9-12H2,1-2H3. The molecule has 0 saturated carbocycles. The van der Waals surface area contributed by atoms with E-state index in [0.717, 1.165) is 52.5 Å². The van der Waals surface area contributed by atoms with Gasteiger partial charge in [-0.3, -0.25) is 4.79 Å². The number of carbonyl (C=O) groups is 1. The van der Waals surface area contributed by atoms with Crippen molar-refractivity contribution in [3.63, 3.8) is 0 Å². The van der Waals surface area contributed by atoms with Crippen molar-refractivity contribution < 1.29 is 9.53 Å². The Morgan fingerprint density at radius 1 is 1.15 bits per heavy atom. The fourth-order valence-electron chi connectivity index (χ4n) is 3.40. The Morgan fingerprint density at radius 2 is 1.92 bits per heavy atom. The molecule has 1 amide bonds. The summed E-state index contributed by atoms with van der Waals surface area (Å²) in [6.45, 7) is 5.53. The zero-order valence-electron chi connectivity index (χ0n) is 15.1. The number of fused-ring (bicyclic) bond motifs is 1. The van der Waals surface area contributed by atoms with Gasteiger partial charge in [0.05, 0.1) is 10.2 Å². The van der Waals surface area contributed by atoms with Crippen LogP contribution in [0.2, 0.25) is 0 Å². The second-order valence-electron chi connectivity index (χ2n) is 6.88. The molecule has 0 unspecified atom stereocenters. The third kappa shape index (κ3) is 3.44. The molecule has 1 aromatic heterocycles. The van der Waals surface area contributed by atoms with Gasteiger partial charge < -0.3 is 9.64 Å². The molecule has 4 rings (SSSR count). The lowest BCUT2D eigenvalue weighted by molar-refractivity contribution is 0.0595. The number of aryl methyl sites for hydroxylation is 2. The smallest absolute Gasteiger partial charge is 0.274 e. The second kappa shape index (κ2) is 7.08. The van der Waals surface area contributed by atoms with Gasteiger partial charge in [0, 0.05) is 31.5 Å². The summed E-state index contributed by atoms with van der Waals surface area (Å²) in [7, 11) is 0. The average Bonchev–Trinajstić information content (AvgIpc) is 3.06. The molecule has 0 radical (unpaired) electrons. The summed E-state index contributed by atoms with van der Waals surface area (Å²) in [5.74, 6) is 0.114. The first-order valence-electron chi connectivity index (χ1n) is 8.99. The summed E-state index contributed by atoms with van der Waals surface area (Å²) in [6.07, 6.45) is 1.80. The molecular formula is C21H22N2O2S. The normalized spacial score (nSPS) is 15.4. The lowest BCUT2D eigenvalue weighted by Crippen LogP contribution is -2.41. The first kappa shape index (κ1) is 17.0. The molecule has 1 saturated heterocycles. The molecule has 2 heterocycles. The van der Waals surface area contributed by atoms with E-state index in [0.29, 0.717) is 0 Å². The Balaban J connectivity index is 1.38. The van der Waals surface area contributed by atoms with E-state index in [1.807, 2.05) is 36.1 Å². The molecular weight excluding hydrogens is 344 g/mol. The number of hydrogen-bond acceptors (Lipinski definition) is 4. The molecule has 1 aliphatic heterocycles. The highest BCUT2D eigenvalue weighted by molar-refractivity contribution is 7.20. The van der Waals surface area contributed by atoms with Gasteiger partial charge in [0.25, 0.3) is 11.1 Å². The molecule has 1 aliphatic rings. The van der Waals surface area contributed by atoms with Crippen LogP contribution in [-0.2, 0) is 0 Å². The summed E-state index contributed by atoms with van der Waals surface area (Å²) in [6, 6.07) is 14.0. The van der Waals surface area contributed by atoms with Gasteiger partial charge in [-0.05, 0) is 37.6 Å². The van der Waals surface area contributed by atoms with Crippen molar-refractivity contribution in [2.45, 2.75) is 32.8 Å². The van der Waals surface area contributed by atoms with Crippen molar-refractivity contribution in [3.05, 3.63) is 59.2 Å². The number of piperidine rings is 1. The van der Waals surface area contributed by atoms with E-state index in [2.05, 4.69) is 30.1 Å². The predicted molar refractivity (Wildman–Crippen MR) is 105 cm³/mol. The quantitative estimate of drug-likeness (QED) is 0.680. The SMILES string of the molecule is Cc1cccc(C(=O)N2CCC(Oc3nc4c(C)cccc4s3)CC2)c1. The molecule has 0 spiro atoms. The molecule has 5 heteroatoms. The highest BCUT2D eigenvalue weighted by Gasteiger charge is 2.25. The number of likely N-dealkylation sites (tertiary alicyclic amines) is 1. The summed E-state index contributed by atoms with van der Waals surface area (Å²) < 4.78 is 7.28. The number of hydrogen-bond donors (Lipinski definition) is 0. The van der Waals surface area contributed by atoms with Crippen LogP contribution in [0, 0.1) is 13.8 Å². The topological polar surface area (TPSA) is 42.4 Å². The molecule has 0 N–H and O–H groups in total. The van der Waals surface area contributed by atoms with Crippen LogP contribution >= 0.6 is 11.3 Å². The third-order valence-corrected chi connectivity index (χ3v) is 5.77. The van der Waals surface area contributed by atoms with Crippen LogP contribution in [0.1, 0.15) is 34.3 Å². The molecule has 134 valence electrons. The molecule has 3 aromatic rings. The maximum atomic E-state index is 12.6. The van der Waals surface area contributed by atoms with E-state index in [1.54, 1.807) is 11.3 Å². The average molecular weight is 366 g/mol. The highest BCUT2D eigenvalue weighted by atomic mass is 32.1. The van der Waals surface area contributed by atoms with Crippen LogP contribution in [-0.4, -0.2) is 35.0 Å². The number of aromatic nitrogens is 1. The number of benzene rings is 2. The maximum Gasteiger partial charge on any atom is 0.274 e. The lowest BCUT2D eigenvalue weighted by atomic mass is 10.1. The zero-order chi connectivity index (χ0) is 18.1. The van der Waals surface area contributed by atoms with Crippen molar-refractivity contribution in [1.29, 1.82) is 0 Å². The zero-order valence-corrected chi connectivity index (χ0v) is 15.9. The van der Waals surface area contributed by atoms with Crippen LogP contribution < -0.4 is 4.74 Å². The lowest BCUT2D eigenvalue weighted by Gasteiger charge is -2.31. The van der Waals surface area contributed by atoms with Crippen molar-refractivity contribution in [2.75, 3.05) is 13.1 Å². The van der Waals surface area contributed by atoms with Crippen LogP contribution in [0.15, 0.2) is 42.5 Å². The van der Waals surface area contributed by atoms with Crippen molar-refractivity contribution in [2.24, 2.45) is 0 Å².